The van der Waals surface area contributed by atoms with E-state index in [1.54, 1.807) is 0 Å². The van der Waals surface area contributed by atoms with E-state index in [1.807, 2.05) is 12.4 Å². The van der Waals surface area contributed by atoms with Crippen molar-refractivity contribution in [3.63, 3.8) is 0 Å². The van der Waals surface area contributed by atoms with Crippen LogP contribution in [0.1, 0.15) is 18.4 Å². The molecule has 1 aromatic rings. The number of pyridine rings is 1. The van der Waals surface area contributed by atoms with Gasteiger partial charge in [-0.15, -0.1) is 12.4 Å². The quantitative estimate of drug-likeness (QED) is 0.924. The van der Waals surface area contributed by atoms with E-state index in [-0.39, 0.29) is 12.4 Å². The van der Waals surface area contributed by atoms with E-state index in [1.165, 1.54) is 56.8 Å². The maximum Gasteiger partial charge on any atom is 0.0583 e. The highest BCUT2D eigenvalue weighted by Gasteiger charge is 2.22. The van der Waals surface area contributed by atoms with Gasteiger partial charge in [0.15, 0.2) is 0 Å². The van der Waals surface area contributed by atoms with Gasteiger partial charge in [0.2, 0.25) is 0 Å². The Morgan fingerprint density at radius 2 is 2.10 bits per heavy atom. The molecule has 0 spiro atoms. The van der Waals surface area contributed by atoms with E-state index >= 15 is 0 Å². The number of aromatic nitrogens is 1. The Kier molecular flexibility index (Phi) is 6.27. The third-order valence-corrected chi connectivity index (χ3v) is 4.64. The first-order valence-electron chi connectivity index (χ1n) is 7.91. The van der Waals surface area contributed by atoms with E-state index in [0.29, 0.717) is 0 Å². The van der Waals surface area contributed by atoms with Crippen LogP contribution in [-0.2, 0) is 0 Å². The van der Waals surface area contributed by atoms with Gasteiger partial charge in [-0.1, -0.05) is 0 Å². The van der Waals surface area contributed by atoms with Gasteiger partial charge in [-0.25, -0.2) is 0 Å². The molecule has 118 valence electrons. The third-order valence-electron chi connectivity index (χ3n) is 4.64. The minimum atomic E-state index is 0. The second-order valence-electron chi connectivity index (χ2n) is 6.16. The van der Waals surface area contributed by atoms with E-state index < -0.39 is 0 Å². The molecule has 1 N–H and O–H groups in total. The van der Waals surface area contributed by atoms with Gasteiger partial charge in [0.25, 0.3) is 0 Å². The first kappa shape index (κ1) is 16.5. The summed E-state index contributed by atoms with van der Waals surface area (Å²) in [6.07, 6.45) is 6.63. The summed E-state index contributed by atoms with van der Waals surface area (Å²) in [7, 11) is 0. The number of rotatable bonds is 3. The van der Waals surface area contributed by atoms with Gasteiger partial charge in [0.05, 0.1) is 11.9 Å². The summed E-state index contributed by atoms with van der Waals surface area (Å²) >= 11 is 0. The molecule has 0 amide bonds. The average molecular weight is 311 g/mol. The van der Waals surface area contributed by atoms with Crippen LogP contribution in [0.2, 0.25) is 0 Å². The summed E-state index contributed by atoms with van der Waals surface area (Å²) in [6.45, 7) is 10.5. The SMILES string of the molecule is Cc1ccncc1N1CCN(CC2CCCNC2)CC1.Cl. The zero-order valence-electron chi connectivity index (χ0n) is 12.9. The fourth-order valence-corrected chi connectivity index (χ4v) is 3.40. The predicted octanol–water partition coefficient (Wildman–Crippen LogP) is 1.93. The second kappa shape index (κ2) is 7.97. The lowest BCUT2D eigenvalue weighted by molar-refractivity contribution is 0.199. The summed E-state index contributed by atoms with van der Waals surface area (Å²) in [6, 6.07) is 2.11. The molecule has 2 saturated heterocycles. The Bertz CT molecular complexity index is 426. The molecular formula is C16H27ClN4. The van der Waals surface area contributed by atoms with E-state index in [4.69, 9.17) is 0 Å². The zero-order valence-corrected chi connectivity index (χ0v) is 13.7. The van der Waals surface area contributed by atoms with Crippen LogP contribution in [0, 0.1) is 12.8 Å². The number of anilines is 1. The van der Waals surface area contributed by atoms with Gasteiger partial charge in [-0.2, -0.15) is 0 Å². The van der Waals surface area contributed by atoms with Crippen molar-refractivity contribution in [1.29, 1.82) is 0 Å². The molecule has 2 aliphatic rings. The van der Waals surface area contributed by atoms with Crippen molar-refractivity contribution in [2.24, 2.45) is 5.92 Å². The van der Waals surface area contributed by atoms with Crippen molar-refractivity contribution in [3.8, 4) is 0 Å². The molecule has 0 radical (unpaired) electrons. The molecule has 0 aromatic carbocycles. The normalized spacial score (nSPS) is 23.7. The first-order valence-corrected chi connectivity index (χ1v) is 7.91. The van der Waals surface area contributed by atoms with Crippen LogP contribution in [0.3, 0.4) is 0 Å². The van der Waals surface area contributed by atoms with Crippen LogP contribution in [0.5, 0.6) is 0 Å². The Morgan fingerprint density at radius 1 is 1.29 bits per heavy atom. The zero-order chi connectivity index (χ0) is 13.8. The van der Waals surface area contributed by atoms with Crippen molar-refractivity contribution >= 4 is 18.1 Å². The molecule has 3 rings (SSSR count). The van der Waals surface area contributed by atoms with Crippen molar-refractivity contribution < 1.29 is 0 Å². The smallest absolute Gasteiger partial charge is 0.0583 e. The third kappa shape index (κ3) is 4.31. The van der Waals surface area contributed by atoms with E-state index in [9.17, 15) is 0 Å². The highest BCUT2D eigenvalue weighted by molar-refractivity contribution is 5.85. The molecule has 0 aliphatic carbocycles. The molecule has 4 nitrogen and oxygen atoms in total. The number of halogens is 1. The number of hydrogen-bond donors (Lipinski definition) is 1. The summed E-state index contributed by atoms with van der Waals surface area (Å²) in [5, 5.41) is 3.52. The lowest BCUT2D eigenvalue weighted by Gasteiger charge is -2.38. The van der Waals surface area contributed by atoms with Gasteiger partial charge in [0.1, 0.15) is 0 Å². The molecule has 1 atom stereocenters. The lowest BCUT2D eigenvalue weighted by Crippen LogP contribution is -2.49. The van der Waals surface area contributed by atoms with Crippen LogP contribution in [0.15, 0.2) is 18.5 Å². The number of hydrogen-bond acceptors (Lipinski definition) is 4. The van der Waals surface area contributed by atoms with Gasteiger partial charge in [-0.05, 0) is 50.4 Å². The van der Waals surface area contributed by atoms with Gasteiger partial charge in [0, 0.05) is 38.9 Å². The molecule has 0 saturated carbocycles. The highest BCUT2D eigenvalue weighted by Crippen LogP contribution is 2.20. The second-order valence-corrected chi connectivity index (χ2v) is 6.16. The molecule has 1 aromatic heterocycles. The number of nitrogens with one attached hydrogen (secondary N) is 1. The average Bonchev–Trinajstić information content (AvgIpc) is 2.50. The Morgan fingerprint density at radius 3 is 2.76 bits per heavy atom. The minimum Gasteiger partial charge on any atom is -0.368 e. The number of piperazine rings is 1. The fraction of sp³-hybridized carbons (Fsp3) is 0.688. The van der Waals surface area contributed by atoms with Crippen LogP contribution in [-0.4, -0.2) is 55.7 Å². The highest BCUT2D eigenvalue weighted by atomic mass is 35.5. The molecular weight excluding hydrogens is 284 g/mol. The van der Waals surface area contributed by atoms with Crippen molar-refractivity contribution in [1.82, 2.24) is 15.2 Å². The minimum absolute atomic E-state index is 0. The maximum atomic E-state index is 4.27. The Balaban J connectivity index is 0.00000161. The Hall–Kier alpha value is -0.840. The Labute approximate surface area is 134 Å². The van der Waals surface area contributed by atoms with Crippen LogP contribution in [0.4, 0.5) is 5.69 Å². The largest absolute Gasteiger partial charge is 0.368 e. The molecule has 2 aliphatic heterocycles. The molecule has 2 fully saturated rings. The number of aryl methyl sites for hydroxylation is 1. The molecule has 1 unspecified atom stereocenters. The monoisotopic (exact) mass is 310 g/mol. The van der Waals surface area contributed by atoms with Crippen molar-refractivity contribution in [2.75, 3.05) is 50.7 Å². The van der Waals surface area contributed by atoms with Crippen LogP contribution < -0.4 is 10.2 Å². The number of piperidine rings is 1. The van der Waals surface area contributed by atoms with E-state index in [2.05, 4.69) is 33.1 Å². The summed E-state index contributed by atoms with van der Waals surface area (Å²) in [4.78, 5) is 9.39. The summed E-state index contributed by atoms with van der Waals surface area (Å²) in [5.74, 6) is 0.857. The molecule has 0 bridgehead atoms. The van der Waals surface area contributed by atoms with Gasteiger partial charge < -0.3 is 10.2 Å². The first-order chi connectivity index (χ1) is 9.83. The number of nitrogens with zero attached hydrogens (tertiary/aromatic N) is 3. The van der Waals surface area contributed by atoms with E-state index in [0.717, 1.165) is 19.0 Å². The predicted molar refractivity (Wildman–Crippen MR) is 90.5 cm³/mol. The molecule has 21 heavy (non-hydrogen) atoms. The standard InChI is InChI=1S/C16H26N4.ClH/c1-14-4-6-18-12-16(14)20-9-7-19(8-10-20)13-15-3-2-5-17-11-15;/h4,6,12,15,17H,2-3,5,7-11,13H2,1H3;1H. The van der Waals surface area contributed by atoms with Gasteiger partial charge >= 0.3 is 0 Å². The fourth-order valence-electron chi connectivity index (χ4n) is 3.40. The lowest BCUT2D eigenvalue weighted by atomic mass is 9.99. The topological polar surface area (TPSA) is 31.4 Å². The van der Waals surface area contributed by atoms with Crippen LogP contribution >= 0.6 is 12.4 Å². The maximum absolute atomic E-state index is 4.27. The molecule has 3 heterocycles. The van der Waals surface area contributed by atoms with Crippen molar-refractivity contribution in [3.05, 3.63) is 24.0 Å². The van der Waals surface area contributed by atoms with Crippen LogP contribution in [0.25, 0.3) is 0 Å². The molecule has 5 heteroatoms. The summed E-state index contributed by atoms with van der Waals surface area (Å²) in [5.41, 5.74) is 2.65. The summed E-state index contributed by atoms with van der Waals surface area (Å²) < 4.78 is 0. The van der Waals surface area contributed by atoms with Crippen molar-refractivity contribution in [2.45, 2.75) is 19.8 Å². The van der Waals surface area contributed by atoms with Gasteiger partial charge in [-0.3, -0.25) is 9.88 Å².